The third kappa shape index (κ3) is 3.17. The van der Waals surface area contributed by atoms with Crippen molar-refractivity contribution in [1.29, 1.82) is 0 Å². The Labute approximate surface area is 95.0 Å². The van der Waals surface area contributed by atoms with Crippen LogP contribution in [-0.2, 0) is 16.1 Å². The second kappa shape index (κ2) is 6.02. The molecule has 1 aromatic carbocycles. The van der Waals surface area contributed by atoms with Crippen LogP contribution in [0, 0.1) is 0 Å². The third-order valence-electron chi connectivity index (χ3n) is 2.33. The number of rotatable bonds is 5. The summed E-state index contributed by atoms with van der Waals surface area (Å²) in [6.07, 6.45) is 1.80. The Hall–Kier alpha value is -1.68. The number of carbonyl (C=O) groups excluding carboxylic acids is 2. The number of carbonyl (C=O) groups is 1. The van der Waals surface area contributed by atoms with Crippen molar-refractivity contribution < 1.29 is 9.59 Å². The molecule has 2 N–H and O–H groups in total. The predicted octanol–water partition coefficient (Wildman–Crippen LogP) is 0.472. The number of amides is 1. The van der Waals surface area contributed by atoms with Gasteiger partial charge < -0.3 is 10.6 Å². The summed E-state index contributed by atoms with van der Waals surface area (Å²) in [7, 11) is 0. The van der Waals surface area contributed by atoms with Gasteiger partial charge in [-0.05, 0) is 12.5 Å². The van der Waals surface area contributed by atoms with Crippen LogP contribution < -0.4 is 5.73 Å². The molecule has 1 rings (SSSR count). The molecule has 0 fully saturated rings. The lowest BCUT2D eigenvalue weighted by Gasteiger charge is -2.24. The van der Waals surface area contributed by atoms with Gasteiger partial charge in [-0.2, -0.15) is 0 Å². The molecule has 1 amide bonds. The molecule has 85 valence electrons. The Kier molecular flexibility index (Phi) is 4.66. The first kappa shape index (κ1) is 12.4. The summed E-state index contributed by atoms with van der Waals surface area (Å²) in [5.41, 5.74) is 6.26. The first-order chi connectivity index (χ1) is 7.69. The molecule has 0 heterocycles. The van der Waals surface area contributed by atoms with Gasteiger partial charge in [0.05, 0.1) is 12.6 Å². The Bertz CT molecular complexity index is 351. The molecule has 0 aromatic heterocycles. The molecule has 4 nitrogen and oxygen atoms in total. The highest BCUT2D eigenvalue weighted by molar-refractivity contribution is 5.81. The maximum Gasteiger partial charge on any atom is 0.237 e. The quantitative estimate of drug-likeness (QED) is 0.783. The van der Waals surface area contributed by atoms with Crippen molar-refractivity contribution >= 4 is 12.2 Å². The topological polar surface area (TPSA) is 63.4 Å². The molecule has 1 aromatic rings. The van der Waals surface area contributed by atoms with Gasteiger partial charge in [-0.1, -0.05) is 30.3 Å². The van der Waals surface area contributed by atoms with E-state index in [1.165, 1.54) is 4.90 Å². The molecule has 0 aliphatic rings. The smallest absolute Gasteiger partial charge is 0.237 e. The highest BCUT2D eigenvalue weighted by Crippen LogP contribution is 2.07. The Morgan fingerprint density at radius 1 is 1.44 bits per heavy atom. The van der Waals surface area contributed by atoms with E-state index < -0.39 is 6.04 Å². The van der Waals surface area contributed by atoms with Crippen LogP contribution in [0.2, 0.25) is 0 Å². The third-order valence-corrected chi connectivity index (χ3v) is 2.33. The summed E-state index contributed by atoms with van der Waals surface area (Å²) < 4.78 is 0. The van der Waals surface area contributed by atoms with Crippen molar-refractivity contribution in [2.45, 2.75) is 19.5 Å². The largest absolute Gasteiger partial charge is 0.327 e. The average Bonchev–Trinajstić information content (AvgIpc) is 2.35. The fourth-order valence-corrected chi connectivity index (χ4v) is 1.40. The minimum absolute atomic E-state index is 0.0984. The van der Waals surface area contributed by atoms with Gasteiger partial charge in [-0.25, -0.2) is 0 Å². The first-order valence-corrected chi connectivity index (χ1v) is 5.10. The second-order valence-electron chi connectivity index (χ2n) is 3.51. The molecule has 1 atom stereocenters. The van der Waals surface area contributed by atoms with Gasteiger partial charge >= 0.3 is 0 Å². The zero-order valence-electron chi connectivity index (χ0n) is 9.22. The van der Waals surface area contributed by atoms with E-state index in [9.17, 15) is 9.59 Å². The summed E-state index contributed by atoms with van der Waals surface area (Å²) in [6, 6.07) is 8.89. The van der Waals surface area contributed by atoms with Gasteiger partial charge in [0.25, 0.3) is 0 Å². The van der Waals surface area contributed by atoms with E-state index in [2.05, 4.69) is 0 Å². The summed E-state index contributed by atoms with van der Waals surface area (Å²) in [4.78, 5) is 23.6. The Balaban J connectivity index is 2.79. The van der Waals surface area contributed by atoms with Crippen LogP contribution in [0.4, 0.5) is 0 Å². The molecular formula is C12H15N2O2. The fraction of sp³-hybridized carbons (Fsp3) is 0.333. The standard InChI is InChI=1S/C12H15N2O2/c1-10(9-15)14(12(16)7-13)8-11-5-3-2-4-6-11/h2-6,10H,7-8,13H2,1H3/t10-/m0/s1. The normalized spacial score (nSPS) is 11.9. The summed E-state index contributed by atoms with van der Waals surface area (Å²) in [6.45, 7) is 1.91. The van der Waals surface area contributed by atoms with Crippen LogP contribution in [0.1, 0.15) is 12.5 Å². The summed E-state index contributed by atoms with van der Waals surface area (Å²) in [5.74, 6) is -0.250. The maximum atomic E-state index is 11.5. The summed E-state index contributed by atoms with van der Waals surface area (Å²) >= 11 is 0. The van der Waals surface area contributed by atoms with Gasteiger partial charge in [0.2, 0.25) is 12.2 Å². The predicted molar refractivity (Wildman–Crippen MR) is 61.2 cm³/mol. The van der Waals surface area contributed by atoms with E-state index in [0.29, 0.717) is 6.54 Å². The fourth-order valence-electron chi connectivity index (χ4n) is 1.40. The highest BCUT2D eigenvalue weighted by atomic mass is 16.2. The number of hydrogen-bond donors (Lipinski definition) is 1. The average molecular weight is 219 g/mol. The van der Waals surface area contributed by atoms with Crippen molar-refractivity contribution in [1.82, 2.24) is 4.90 Å². The van der Waals surface area contributed by atoms with Crippen LogP contribution in [0.3, 0.4) is 0 Å². The van der Waals surface area contributed by atoms with E-state index in [4.69, 9.17) is 5.73 Å². The van der Waals surface area contributed by atoms with Gasteiger partial charge in [0.15, 0.2) is 0 Å². The number of hydrogen-bond acceptors (Lipinski definition) is 3. The van der Waals surface area contributed by atoms with Gasteiger partial charge in [-0.3, -0.25) is 9.59 Å². The van der Waals surface area contributed by atoms with Crippen molar-refractivity contribution in [3.8, 4) is 0 Å². The number of nitrogens with zero attached hydrogens (tertiary/aromatic N) is 1. The molecule has 0 aliphatic heterocycles. The second-order valence-corrected chi connectivity index (χ2v) is 3.51. The van der Waals surface area contributed by atoms with E-state index in [1.54, 1.807) is 13.2 Å². The zero-order chi connectivity index (χ0) is 12.0. The zero-order valence-corrected chi connectivity index (χ0v) is 9.22. The van der Waals surface area contributed by atoms with Crippen LogP contribution >= 0.6 is 0 Å². The van der Waals surface area contributed by atoms with Crippen LogP contribution in [0.15, 0.2) is 30.3 Å². The molecular weight excluding hydrogens is 204 g/mol. The lowest BCUT2D eigenvalue weighted by Crippen LogP contribution is -2.42. The monoisotopic (exact) mass is 219 g/mol. The van der Waals surface area contributed by atoms with Crippen molar-refractivity contribution in [3.05, 3.63) is 35.9 Å². The molecule has 0 unspecified atom stereocenters. The van der Waals surface area contributed by atoms with Crippen molar-refractivity contribution in [2.24, 2.45) is 5.73 Å². The van der Waals surface area contributed by atoms with E-state index >= 15 is 0 Å². The number of nitrogens with two attached hydrogens (primary N) is 1. The lowest BCUT2D eigenvalue weighted by atomic mass is 10.2. The molecule has 16 heavy (non-hydrogen) atoms. The highest BCUT2D eigenvalue weighted by Gasteiger charge is 2.18. The van der Waals surface area contributed by atoms with Gasteiger partial charge in [-0.15, -0.1) is 0 Å². The summed E-state index contributed by atoms with van der Waals surface area (Å²) in [5, 5.41) is 0. The Morgan fingerprint density at radius 2 is 2.06 bits per heavy atom. The van der Waals surface area contributed by atoms with Crippen molar-refractivity contribution in [2.75, 3.05) is 6.54 Å². The minimum atomic E-state index is -0.573. The molecule has 4 heteroatoms. The first-order valence-electron chi connectivity index (χ1n) is 5.10. The van der Waals surface area contributed by atoms with E-state index in [0.717, 1.165) is 5.56 Å². The molecule has 0 spiro atoms. The van der Waals surface area contributed by atoms with Gasteiger partial charge in [0, 0.05) is 6.54 Å². The maximum absolute atomic E-state index is 11.5. The van der Waals surface area contributed by atoms with E-state index in [-0.39, 0.29) is 12.5 Å². The number of benzene rings is 1. The van der Waals surface area contributed by atoms with Crippen LogP contribution in [0.5, 0.6) is 0 Å². The van der Waals surface area contributed by atoms with Crippen LogP contribution in [0.25, 0.3) is 0 Å². The molecule has 0 aliphatic carbocycles. The van der Waals surface area contributed by atoms with Crippen LogP contribution in [-0.4, -0.2) is 29.7 Å². The lowest BCUT2D eigenvalue weighted by molar-refractivity contribution is -0.131. The molecule has 1 radical (unpaired) electrons. The molecule has 0 bridgehead atoms. The van der Waals surface area contributed by atoms with E-state index in [1.807, 2.05) is 30.3 Å². The Morgan fingerprint density at radius 3 is 2.56 bits per heavy atom. The van der Waals surface area contributed by atoms with Gasteiger partial charge in [0.1, 0.15) is 0 Å². The molecule has 0 saturated carbocycles. The van der Waals surface area contributed by atoms with Crippen molar-refractivity contribution in [3.63, 3.8) is 0 Å². The molecule has 0 saturated heterocycles. The SMILES string of the molecule is C[C@@H]([C]=O)N(Cc1ccccc1)C(=O)CN. The minimum Gasteiger partial charge on any atom is -0.327 e.